The van der Waals surface area contributed by atoms with Gasteiger partial charge in [-0.1, -0.05) is 61.0 Å². The van der Waals surface area contributed by atoms with E-state index in [1.165, 1.54) is 7.05 Å². The molecule has 0 saturated heterocycles. The number of rotatable bonds is 5. The second-order valence-corrected chi connectivity index (χ2v) is 8.74. The molecule has 0 unspecified atom stereocenters. The molecule has 0 heterocycles. The van der Waals surface area contributed by atoms with Crippen LogP contribution < -0.4 is 15.8 Å². The first-order valence-electron chi connectivity index (χ1n) is 10.3. The topological polar surface area (TPSA) is 98.5 Å². The van der Waals surface area contributed by atoms with E-state index in [1.54, 1.807) is 19.2 Å². The molecule has 0 aromatic heterocycles. The number of benzene rings is 3. The van der Waals surface area contributed by atoms with Crippen LogP contribution in [0.15, 0.2) is 53.0 Å². The van der Waals surface area contributed by atoms with Gasteiger partial charge in [-0.25, -0.2) is 0 Å². The lowest BCUT2D eigenvalue weighted by molar-refractivity contribution is -0.104. The smallest absolute Gasteiger partial charge is 0.225 e. The first kappa shape index (κ1) is 28.0. The highest BCUT2D eigenvalue weighted by Gasteiger charge is 2.18. The Morgan fingerprint density at radius 3 is 2.12 bits per heavy atom. The van der Waals surface area contributed by atoms with Crippen LogP contribution in [0.2, 0.25) is 0 Å². The van der Waals surface area contributed by atoms with Gasteiger partial charge in [-0.05, 0) is 53.1 Å². The first-order valence-corrected chi connectivity index (χ1v) is 11.1. The van der Waals surface area contributed by atoms with E-state index in [2.05, 4.69) is 47.8 Å². The average Bonchev–Trinajstić information content (AvgIpc) is 2.84. The van der Waals surface area contributed by atoms with Crippen molar-refractivity contribution < 1.29 is 19.1 Å². The molecule has 0 aliphatic carbocycles. The number of halogens is 1. The summed E-state index contributed by atoms with van der Waals surface area (Å²) in [5.74, 6) is 0.115. The third kappa shape index (κ3) is 6.97. The third-order valence-corrected chi connectivity index (χ3v) is 5.52. The van der Waals surface area contributed by atoms with Crippen molar-refractivity contribution in [1.29, 1.82) is 0 Å². The summed E-state index contributed by atoms with van der Waals surface area (Å²) in [4.78, 5) is 32.9. The van der Waals surface area contributed by atoms with Crippen LogP contribution in [-0.4, -0.2) is 39.6 Å². The van der Waals surface area contributed by atoms with Gasteiger partial charge in [0.25, 0.3) is 0 Å². The zero-order valence-corrected chi connectivity index (χ0v) is 21.4. The van der Waals surface area contributed by atoms with E-state index in [4.69, 9.17) is 4.74 Å². The predicted molar refractivity (Wildman–Crippen MR) is 139 cm³/mol. The number of fused-ring (bicyclic) bond motifs is 1. The van der Waals surface area contributed by atoms with Gasteiger partial charge in [0.15, 0.2) is 18.3 Å². The summed E-state index contributed by atoms with van der Waals surface area (Å²) < 4.78 is 6.15. The van der Waals surface area contributed by atoms with Crippen LogP contribution in [0.1, 0.15) is 47.1 Å². The van der Waals surface area contributed by atoms with E-state index in [1.807, 2.05) is 43.4 Å². The van der Waals surface area contributed by atoms with Crippen LogP contribution in [0.5, 0.6) is 5.75 Å². The van der Waals surface area contributed by atoms with Crippen molar-refractivity contribution in [3.05, 3.63) is 69.7 Å². The Morgan fingerprint density at radius 1 is 1.03 bits per heavy atom. The van der Waals surface area contributed by atoms with Crippen molar-refractivity contribution in [2.24, 2.45) is 5.73 Å². The van der Waals surface area contributed by atoms with E-state index >= 15 is 0 Å². The maximum atomic E-state index is 11.4. The number of carbonyl (C=O) groups is 3. The summed E-state index contributed by atoms with van der Waals surface area (Å²) in [7, 11) is 4.89. The van der Waals surface area contributed by atoms with Crippen LogP contribution >= 0.6 is 15.9 Å². The fourth-order valence-corrected chi connectivity index (χ4v) is 3.60. The summed E-state index contributed by atoms with van der Waals surface area (Å²) in [6.45, 7) is 6.34. The minimum atomic E-state index is -0.487. The molecule has 176 valence electrons. The van der Waals surface area contributed by atoms with Crippen LogP contribution in [-0.2, 0) is 10.2 Å². The van der Waals surface area contributed by atoms with Crippen LogP contribution in [0.4, 0.5) is 5.69 Å². The molecule has 0 radical (unpaired) electrons. The molecule has 6 nitrogen and oxygen atoms in total. The molecule has 3 aromatic rings. The summed E-state index contributed by atoms with van der Waals surface area (Å²) in [6, 6.07) is 14.8. The molecule has 0 spiro atoms. The van der Waals surface area contributed by atoms with Crippen molar-refractivity contribution in [1.82, 2.24) is 0 Å². The minimum Gasteiger partial charge on any atom is -0.494 e. The van der Waals surface area contributed by atoms with E-state index < -0.39 is 5.78 Å². The largest absolute Gasteiger partial charge is 0.494 e. The Bertz CT molecular complexity index is 1120. The zero-order chi connectivity index (χ0) is 25.2. The molecule has 0 atom stereocenters. The molecular formula is C26H31BrN2O4. The van der Waals surface area contributed by atoms with Gasteiger partial charge in [-0.2, -0.15) is 0 Å². The standard InChI is InChI=1S/C13H19NO2.C12H7BrO2.CH5N/c1-13(2,3)10-6-9(8-15)12(16-5)11(7-10)14-4;13-11-6-5-10(12(15)7-14)8-3-1-2-4-9(8)11;1-2/h6-8,14H,1-5H3;1-7H;2H2,1H3. The summed E-state index contributed by atoms with van der Waals surface area (Å²) in [5.41, 5.74) is 7.50. The van der Waals surface area contributed by atoms with Gasteiger partial charge in [0.05, 0.1) is 18.4 Å². The number of carbonyl (C=O) groups excluding carboxylic acids is 3. The summed E-state index contributed by atoms with van der Waals surface area (Å²) in [6.07, 6.45) is 1.17. The number of nitrogens with two attached hydrogens (primary N) is 1. The molecule has 3 N–H and O–H groups in total. The zero-order valence-electron chi connectivity index (χ0n) is 19.9. The second-order valence-electron chi connectivity index (χ2n) is 7.89. The lowest BCUT2D eigenvalue weighted by atomic mass is 9.85. The molecular weight excluding hydrogens is 484 g/mol. The van der Waals surface area contributed by atoms with Crippen molar-refractivity contribution in [3.8, 4) is 5.75 Å². The Morgan fingerprint density at radius 2 is 1.64 bits per heavy atom. The Balaban J connectivity index is 0.000000307. The molecule has 0 amide bonds. The van der Waals surface area contributed by atoms with Crippen LogP contribution in [0, 0.1) is 0 Å². The Kier molecular flexibility index (Phi) is 10.9. The van der Waals surface area contributed by atoms with E-state index in [9.17, 15) is 14.4 Å². The first-order chi connectivity index (χ1) is 15.7. The molecule has 7 heteroatoms. The Hall–Kier alpha value is -3.03. The number of methoxy groups -OCH3 is 1. The van der Waals surface area contributed by atoms with Gasteiger partial charge in [0, 0.05) is 17.1 Å². The highest BCUT2D eigenvalue weighted by Crippen LogP contribution is 2.34. The number of anilines is 1. The molecule has 33 heavy (non-hydrogen) atoms. The van der Waals surface area contributed by atoms with E-state index in [0.29, 0.717) is 23.2 Å². The van der Waals surface area contributed by atoms with Gasteiger partial charge >= 0.3 is 0 Å². The molecule has 3 rings (SSSR count). The van der Waals surface area contributed by atoms with E-state index in [-0.39, 0.29) is 5.41 Å². The highest BCUT2D eigenvalue weighted by atomic mass is 79.9. The predicted octanol–water partition coefficient (Wildman–Crippen LogP) is 5.41. The molecule has 3 aromatic carbocycles. The molecule has 0 saturated carbocycles. The van der Waals surface area contributed by atoms with Crippen molar-refractivity contribution in [2.45, 2.75) is 26.2 Å². The van der Waals surface area contributed by atoms with Gasteiger partial charge in [-0.3, -0.25) is 14.4 Å². The normalized spacial score (nSPS) is 10.2. The molecule has 0 aliphatic rings. The fraction of sp³-hybridized carbons (Fsp3) is 0.269. The maximum absolute atomic E-state index is 11.4. The van der Waals surface area contributed by atoms with Crippen molar-refractivity contribution in [3.63, 3.8) is 0 Å². The second kappa shape index (κ2) is 12.9. The third-order valence-electron chi connectivity index (χ3n) is 4.83. The van der Waals surface area contributed by atoms with Crippen LogP contribution in [0.25, 0.3) is 10.8 Å². The number of ketones is 1. The van der Waals surface area contributed by atoms with Crippen molar-refractivity contribution >= 4 is 50.7 Å². The number of hydrogen-bond donors (Lipinski definition) is 2. The van der Waals surface area contributed by atoms with Gasteiger partial charge in [0.2, 0.25) is 5.78 Å². The monoisotopic (exact) mass is 514 g/mol. The fourth-order valence-electron chi connectivity index (χ4n) is 3.13. The summed E-state index contributed by atoms with van der Waals surface area (Å²) in [5, 5.41) is 4.78. The number of Topliss-reactive ketones (excluding diaryl/α,β-unsaturated/α-hetero) is 1. The molecule has 0 aliphatic heterocycles. The van der Waals surface area contributed by atoms with Gasteiger partial charge in [0.1, 0.15) is 0 Å². The number of aldehydes is 2. The van der Waals surface area contributed by atoms with Crippen molar-refractivity contribution in [2.75, 3.05) is 26.5 Å². The maximum Gasteiger partial charge on any atom is 0.225 e. The number of nitrogens with one attached hydrogen (secondary N) is 1. The molecule has 0 bridgehead atoms. The molecule has 0 fully saturated rings. The van der Waals surface area contributed by atoms with Gasteiger partial charge in [-0.15, -0.1) is 0 Å². The minimum absolute atomic E-state index is 0.00955. The quantitative estimate of drug-likeness (QED) is 0.268. The Labute approximate surface area is 203 Å². The lowest BCUT2D eigenvalue weighted by Gasteiger charge is -2.22. The number of ether oxygens (including phenoxy) is 1. The summed E-state index contributed by atoms with van der Waals surface area (Å²) >= 11 is 3.40. The highest BCUT2D eigenvalue weighted by molar-refractivity contribution is 9.10. The lowest BCUT2D eigenvalue weighted by Crippen LogP contribution is -2.13. The van der Waals surface area contributed by atoms with Crippen LogP contribution in [0.3, 0.4) is 0 Å². The number of hydrogen-bond acceptors (Lipinski definition) is 6. The SMILES string of the molecule is CN.CNc1cc(C(C)(C)C)cc(C=O)c1OC.O=CC(=O)c1ccc(Br)c2ccccc12. The van der Waals surface area contributed by atoms with E-state index in [0.717, 1.165) is 32.8 Å². The average molecular weight is 515 g/mol. The van der Waals surface area contributed by atoms with Gasteiger partial charge < -0.3 is 15.8 Å².